The van der Waals surface area contributed by atoms with Crippen LogP contribution in [0.4, 0.5) is 0 Å². The number of H-pyrrole nitrogens is 1. The fourth-order valence-corrected chi connectivity index (χ4v) is 4.52. The summed E-state index contributed by atoms with van der Waals surface area (Å²) in [4.78, 5) is 3.41. The highest BCUT2D eigenvalue weighted by Crippen LogP contribution is 2.32. The standard InChI is InChI=1S/C15H20N2O2S2/c1-10-6-7-11(8-10)9-17-12-4-3-5-13(21(2,18)19)14(12)16-15(17)20/h3-5,10-11H,6-9H2,1-2H3,(H,16,20). The minimum Gasteiger partial charge on any atom is -0.329 e. The minimum absolute atomic E-state index is 0.324. The van der Waals surface area contributed by atoms with Crippen molar-refractivity contribution in [3.8, 4) is 0 Å². The van der Waals surface area contributed by atoms with Crippen molar-refractivity contribution in [3.63, 3.8) is 0 Å². The molecule has 0 saturated heterocycles. The van der Waals surface area contributed by atoms with Crippen LogP contribution in [0.2, 0.25) is 0 Å². The number of para-hydroxylation sites is 1. The second-order valence-corrected chi connectivity index (χ2v) is 8.62. The lowest BCUT2D eigenvalue weighted by Gasteiger charge is -2.11. The van der Waals surface area contributed by atoms with E-state index >= 15 is 0 Å². The Hall–Kier alpha value is -1.14. The van der Waals surface area contributed by atoms with E-state index in [2.05, 4.69) is 16.5 Å². The zero-order valence-corrected chi connectivity index (χ0v) is 13.9. The van der Waals surface area contributed by atoms with Crippen molar-refractivity contribution in [2.75, 3.05) is 6.26 Å². The number of nitrogens with zero attached hydrogens (tertiary/aromatic N) is 1. The van der Waals surface area contributed by atoms with E-state index in [-0.39, 0.29) is 0 Å². The highest BCUT2D eigenvalue weighted by atomic mass is 32.2. The SMILES string of the molecule is CC1CCC(Cn2c(=S)[nH]c3c(S(C)(=O)=O)cccc32)C1. The van der Waals surface area contributed by atoms with Gasteiger partial charge in [-0.2, -0.15) is 0 Å². The Morgan fingerprint density at radius 2 is 2.14 bits per heavy atom. The molecule has 0 amide bonds. The molecule has 4 nitrogen and oxygen atoms in total. The molecule has 0 bridgehead atoms. The first-order chi connectivity index (χ1) is 9.86. The molecule has 2 atom stereocenters. The fourth-order valence-electron chi connectivity index (χ4n) is 3.39. The Labute approximate surface area is 130 Å². The molecule has 1 fully saturated rings. The quantitative estimate of drug-likeness (QED) is 0.879. The van der Waals surface area contributed by atoms with Crippen molar-refractivity contribution in [2.45, 2.75) is 37.6 Å². The average Bonchev–Trinajstić information content (AvgIpc) is 2.93. The number of imidazole rings is 1. The first-order valence-corrected chi connectivity index (χ1v) is 9.58. The van der Waals surface area contributed by atoms with Crippen molar-refractivity contribution < 1.29 is 8.42 Å². The second kappa shape index (κ2) is 5.25. The third-order valence-electron chi connectivity index (χ3n) is 4.42. The molecular formula is C15H20N2O2S2. The van der Waals surface area contributed by atoms with Crippen molar-refractivity contribution in [2.24, 2.45) is 11.8 Å². The third-order valence-corrected chi connectivity index (χ3v) is 5.88. The summed E-state index contributed by atoms with van der Waals surface area (Å²) in [5.74, 6) is 1.41. The van der Waals surface area contributed by atoms with E-state index in [0.29, 0.717) is 21.1 Å². The molecule has 1 aliphatic carbocycles. The lowest BCUT2D eigenvalue weighted by molar-refractivity contribution is 0.444. The molecule has 0 radical (unpaired) electrons. The lowest BCUT2D eigenvalue weighted by atomic mass is 10.1. The molecule has 2 unspecified atom stereocenters. The van der Waals surface area contributed by atoms with Gasteiger partial charge >= 0.3 is 0 Å². The maximum Gasteiger partial charge on any atom is 0.178 e. The number of benzene rings is 1. The van der Waals surface area contributed by atoms with E-state index in [1.54, 1.807) is 12.1 Å². The fraction of sp³-hybridized carbons (Fsp3) is 0.533. The zero-order valence-electron chi connectivity index (χ0n) is 12.3. The van der Waals surface area contributed by atoms with Gasteiger partial charge in [0.15, 0.2) is 14.6 Å². The Bertz CT molecular complexity index is 833. The van der Waals surface area contributed by atoms with Gasteiger partial charge in [-0.15, -0.1) is 0 Å². The summed E-state index contributed by atoms with van der Waals surface area (Å²) in [5.41, 5.74) is 1.53. The van der Waals surface area contributed by atoms with Gasteiger partial charge in [0.1, 0.15) is 0 Å². The molecule has 1 aromatic carbocycles. The van der Waals surface area contributed by atoms with Gasteiger partial charge in [0.2, 0.25) is 0 Å². The van der Waals surface area contributed by atoms with E-state index in [1.807, 2.05) is 6.07 Å². The number of hydrogen-bond acceptors (Lipinski definition) is 3. The monoisotopic (exact) mass is 324 g/mol. The first kappa shape index (κ1) is 14.8. The number of sulfone groups is 1. The molecule has 0 spiro atoms. The molecule has 114 valence electrons. The second-order valence-electron chi connectivity index (χ2n) is 6.25. The molecule has 2 aromatic rings. The van der Waals surface area contributed by atoms with Crippen LogP contribution in [0.15, 0.2) is 23.1 Å². The highest BCUT2D eigenvalue weighted by Gasteiger charge is 2.23. The van der Waals surface area contributed by atoms with E-state index in [0.717, 1.165) is 18.0 Å². The lowest BCUT2D eigenvalue weighted by Crippen LogP contribution is -2.08. The minimum atomic E-state index is -3.26. The first-order valence-electron chi connectivity index (χ1n) is 7.28. The van der Waals surface area contributed by atoms with Gasteiger partial charge < -0.3 is 9.55 Å². The number of aromatic nitrogens is 2. The smallest absolute Gasteiger partial charge is 0.178 e. The Balaban J connectivity index is 2.08. The van der Waals surface area contributed by atoms with Gasteiger partial charge in [0.25, 0.3) is 0 Å². The van der Waals surface area contributed by atoms with E-state index in [1.165, 1.54) is 25.5 Å². The number of rotatable bonds is 3. The molecule has 1 heterocycles. The Morgan fingerprint density at radius 3 is 2.76 bits per heavy atom. The predicted molar refractivity (Wildman–Crippen MR) is 86.7 cm³/mol. The summed E-state index contributed by atoms with van der Waals surface area (Å²) < 4.78 is 26.5. The topological polar surface area (TPSA) is 54.9 Å². The van der Waals surface area contributed by atoms with Crippen LogP contribution in [0.1, 0.15) is 26.2 Å². The van der Waals surface area contributed by atoms with Crippen molar-refractivity contribution in [1.82, 2.24) is 9.55 Å². The van der Waals surface area contributed by atoms with Crippen LogP contribution in [0, 0.1) is 16.6 Å². The summed E-state index contributed by atoms with van der Waals surface area (Å²) in [6, 6.07) is 5.36. The van der Waals surface area contributed by atoms with Gasteiger partial charge in [-0.25, -0.2) is 8.42 Å². The van der Waals surface area contributed by atoms with Crippen LogP contribution >= 0.6 is 12.2 Å². The van der Waals surface area contributed by atoms with Crippen LogP contribution in [-0.2, 0) is 16.4 Å². The van der Waals surface area contributed by atoms with Crippen molar-refractivity contribution in [3.05, 3.63) is 23.0 Å². The van der Waals surface area contributed by atoms with Crippen LogP contribution in [0.25, 0.3) is 11.0 Å². The van der Waals surface area contributed by atoms with Gasteiger partial charge in [0, 0.05) is 12.8 Å². The van der Waals surface area contributed by atoms with E-state index < -0.39 is 9.84 Å². The third kappa shape index (κ3) is 2.79. The maximum atomic E-state index is 11.9. The number of nitrogens with one attached hydrogen (secondary N) is 1. The molecule has 1 aromatic heterocycles. The van der Waals surface area contributed by atoms with Crippen molar-refractivity contribution >= 4 is 33.1 Å². The molecule has 0 aliphatic heterocycles. The van der Waals surface area contributed by atoms with Crippen molar-refractivity contribution in [1.29, 1.82) is 0 Å². The van der Waals surface area contributed by atoms with Crippen LogP contribution in [0.5, 0.6) is 0 Å². The molecule has 1 saturated carbocycles. The Kier molecular flexibility index (Phi) is 3.69. The molecule has 3 rings (SSSR count). The van der Waals surface area contributed by atoms with E-state index in [4.69, 9.17) is 12.2 Å². The average molecular weight is 324 g/mol. The van der Waals surface area contributed by atoms with Crippen LogP contribution in [-0.4, -0.2) is 24.2 Å². The van der Waals surface area contributed by atoms with Gasteiger partial charge in [-0.05, 0) is 49.0 Å². The van der Waals surface area contributed by atoms with Crippen LogP contribution < -0.4 is 0 Å². The Morgan fingerprint density at radius 1 is 1.38 bits per heavy atom. The molecule has 6 heteroatoms. The highest BCUT2D eigenvalue weighted by molar-refractivity contribution is 7.91. The molecule has 1 N–H and O–H groups in total. The van der Waals surface area contributed by atoms with Crippen LogP contribution in [0.3, 0.4) is 0 Å². The number of hydrogen-bond donors (Lipinski definition) is 1. The van der Waals surface area contributed by atoms with Gasteiger partial charge in [-0.1, -0.05) is 19.4 Å². The number of aromatic amines is 1. The summed E-state index contributed by atoms with van der Waals surface area (Å²) >= 11 is 5.41. The number of fused-ring (bicyclic) bond motifs is 1. The normalized spacial score (nSPS) is 23.0. The summed E-state index contributed by atoms with van der Waals surface area (Å²) in [7, 11) is -3.26. The largest absolute Gasteiger partial charge is 0.329 e. The van der Waals surface area contributed by atoms with Gasteiger partial charge in [0.05, 0.1) is 15.9 Å². The molecule has 21 heavy (non-hydrogen) atoms. The predicted octanol–water partition coefficient (Wildman–Crippen LogP) is 3.54. The molecular weight excluding hydrogens is 304 g/mol. The summed E-state index contributed by atoms with van der Waals surface area (Å²) in [6.07, 6.45) is 4.95. The molecule has 1 aliphatic rings. The maximum absolute atomic E-state index is 11.9. The summed E-state index contributed by atoms with van der Waals surface area (Å²) in [6.45, 7) is 3.16. The summed E-state index contributed by atoms with van der Waals surface area (Å²) in [5, 5.41) is 0. The van der Waals surface area contributed by atoms with Gasteiger partial charge in [-0.3, -0.25) is 0 Å². The van der Waals surface area contributed by atoms with E-state index in [9.17, 15) is 8.42 Å². The zero-order chi connectivity index (χ0) is 15.2.